The molecular weight excluding hydrogens is 269 g/mol. The number of halogens is 1. The highest BCUT2D eigenvalue weighted by Gasteiger charge is 2.17. The van der Waals surface area contributed by atoms with Crippen molar-refractivity contribution in [3.05, 3.63) is 35.6 Å². The summed E-state index contributed by atoms with van der Waals surface area (Å²) in [5, 5.41) is 0. The Kier molecular flexibility index (Phi) is 4.90. The van der Waals surface area contributed by atoms with Crippen LogP contribution in [0.1, 0.15) is 24.8 Å². The third kappa shape index (κ3) is 4.89. The van der Waals surface area contributed by atoms with E-state index in [1.807, 2.05) is 0 Å². The van der Waals surface area contributed by atoms with Gasteiger partial charge in [-0.05, 0) is 37.0 Å². The molecule has 0 bridgehead atoms. The van der Waals surface area contributed by atoms with E-state index in [4.69, 9.17) is 4.74 Å². The lowest BCUT2D eigenvalue weighted by molar-refractivity contribution is 0.105. The summed E-state index contributed by atoms with van der Waals surface area (Å²) in [6.07, 6.45) is 2.92. The number of rotatable bonds is 6. The van der Waals surface area contributed by atoms with E-state index in [1.165, 1.54) is 24.3 Å². The molecule has 6 heteroatoms. The van der Waals surface area contributed by atoms with Crippen molar-refractivity contribution in [2.45, 2.75) is 31.1 Å². The Hall–Kier alpha value is -0.980. The second-order valence-corrected chi connectivity index (χ2v) is 6.51. The molecule has 1 fully saturated rings. The second-order valence-electron chi connectivity index (χ2n) is 4.70. The van der Waals surface area contributed by atoms with Crippen molar-refractivity contribution in [1.29, 1.82) is 0 Å². The van der Waals surface area contributed by atoms with Crippen molar-refractivity contribution >= 4 is 10.0 Å². The van der Waals surface area contributed by atoms with Gasteiger partial charge in [-0.3, -0.25) is 0 Å². The zero-order valence-corrected chi connectivity index (χ0v) is 11.5. The van der Waals surface area contributed by atoms with Crippen LogP contribution in [-0.4, -0.2) is 27.7 Å². The van der Waals surface area contributed by atoms with Gasteiger partial charge in [-0.1, -0.05) is 12.1 Å². The van der Waals surface area contributed by atoms with Crippen LogP contribution in [0.2, 0.25) is 0 Å². The van der Waals surface area contributed by atoms with Crippen LogP contribution in [0.3, 0.4) is 0 Å². The average molecular weight is 287 g/mol. The summed E-state index contributed by atoms with van der Waals surface area (Å²) in [7, 11) is -3.37. The number of hydrogen-bond donors (Lipinski definition) is 1. The molecule has 1 aliphatic heterocycles. The Labute approximate surface area is 113 Å². The van der Waals surface area contributed by atoms with Crippen LogP contribution < -0.4 is 4.72 Å². The van der Waals surface area contributed by atoms with Gasteiger partial charge in [-0.15, -0.1) is 0 Å². The first-order chi connectivity index (χ1) is 9.05. The molecule has 4 nitrogen and oxygen atoms in total. The molecule has 0 aromatic heterocycles. The zero-order chi connectivity index (χ0) is 13.7. The lowest BCUT2D eigenvalue weighted by Crippen LogP contribution is -2.28. The van der Waals surface area contributed by atoms with E-state index in [-0.39, 0.29) is 17.7 Å². The monoisotopic (exact) mass is 287 g/mol. The first-order valence-corrected chi connectivity index (χ1v) is 8.04. The summed E-state index contributed by atoms with van der Waals surface area (Å²) in [4.78, 5) is 0. The van der Waals surface area contributed by atoms with Crippen molar-refractivity contribution in [3.63, 3.8) is 0 Å². The van der Waals surface area contributed by atoms with Crippen molar-refractivity contribution < 1.29 is 17.5 Å². The van der Waals surface area contributed by atoms with Crippen molar-refractivity contribution in [2.24, 2.45) is 0 Å². The van der Waals surface area contributed by atoms with E-state index >= 15 is 0 Å². The summed E-state index contributed by atoms with van der Waals surface area (Å²) in [6, 6.07) is 5.48. The van der Waals surface area contributed by atoms with Gasteiger partial charge in [0.05, 0.1) is 11.9 Å². The number of sulfonamides is 1. The van der Waals surface area contributed by atoms with E-state index in [0.717, 1.165) is 19.4 Å². The molecule has 0 spiro atoms. The Morgan fingerprint density at radius 3 is 2.68 bits per heavy atom. The lowest BCUT2D eigenvalue weighted by Gasteiger charge is -2.10. The first-order valence-electron chi connectivity index (χ1n) is 6.38. The number of hydrogen-bond acceptors (Lipinski definition) is 3. The van der Waals surface area contributed by atoms with Gasteiger partial charge in [0.15, 0.2) is 0 Å². The third-order valence-corrected chi connectivity index (χ3v) is 4.44. The van der Waals surface area contributed by atoms with Crippen LogP contribution in [0, 0.1) is 5.82 Å². The molecule has 0 amide bonds. The molecule has 1 saturated heterocycles. The number of benzene rings is 1. The third-order valence-electron chi connectivity index (χ3n) is 3.08. The summed E-state index contributed by atoms with van der Waals surface area (Å²) in [5.74, 6) is -0.494. The standard InChI is InChI=1S/C13H18FNO3S/c14-12-5-3-11(4-6-12)10-19(16,17)15-8-7-13-2-1-9-18-13/h3-6,13,15H,1-2,7-10H2/t13-/m1/s1. The molecule has 1 heterocycles. The molecule has 1 N–H and O–H groups in total. The van der Waals surface area contributed by atoms with Gasteiger partial charge < -0.3 is 4.74 Å². The normalized spacial score (nSPS) is 19.7. The van der Waals surface area contributed by atoms with Crippen molar-refractivity contribution in [3.8, 4) is 0 Å². The molecule has 1 aliphatic rings. The Bertz CT molecular complexity index is 495. The van der Waals surface area contributed by atoms with Crippen LogP contribution in [0.25, 0.3) is 0 Å². The molecule has 19 heavy (non-hydrogen) atoms. The van der Waals surface area contributed by atoms with E-state index in [0.29, 0.717) is 18.5 Å². The minimum absolute atomic E-state index is 0.126. The topological polar surface area (TPSA) is 55.4 Å². The van der Waals surface area contributed by atoms with Crippen LogP contribution in [-0.2, 0) is 20.5 Å². The maximum atomic E-state index is 12.7. The minimum atomic E-state index is -3.37. The molecule has 0 unspecified atom stereocenters. The molecule has 106 valence electrons. The number of nitrogens with one attached hydrogen (secondary N) is 1. The van der Waals surface area contributed by atoms with Crippen LogP contribution in [0.4, 0.5) is 4.39 Å². The average Bonchev–Trinajstić information content (AvgIpc) is 2.85. The highest BCUT2D eigenvalue weighted by Crippen LogP contribution is 2.14. The maximum absolute atomic E-state index is 12.7. The van der Waals surface area contributed by atoms with Gasteiger partial charge in [0, 0.05) is 13.2 Å². The predicted octanol–water partition coefficient (Wildman–Crippen LogP) is 1.81. The summed E-state index contributed by atoms with van der Waals surface area (Å²) < 4.78 is 44.3. The largest absolute Gasteiger partial charge is 0.378 e. The molecule has 1 atom stereocenters. The predicted molar refractivity (Wildman–Crippen MR) is 70.6 cm³/mol. The SMILES string of the molecule is O=S(=O)(Cc1ccc(F)cc1)NCC[C@H]1CCCO1. The lowest BCUT2D eigenvalue weighted by atomic mass is 10.2. The minimum Gasteiger partial charge on any atom is -0.378 e. The highest BCUT2D eigenvalue weighted by atomic mass is 32.2. The van der Waals surface area contributed by atoms with Crippen molar-refractivity contribution in [2.75, 3.05) is 13.2 Å². The van der Waals surface area contributed by atoms with E-state index in [9.17, 15) is 12.8 Å². The van der Waals surface area contributed by atoms with Gasteiger partial charge in [0.1, 0.15) is 5.82 Å². The molecule has 0 aliphatic carbocycles. The van der Waals surface area contributed by atoms with Crippen LogP contribution in [0.15, 0.2) is 24.3 Å². The molecule has 2 rings (SSSR count). The Morgan fingerprint density at radius 2 is 2.05 bits per heavy atom. The summed E-state index contributed by atoms with van der Waals surface area (Å²) in [6.45, 7) is 1.15. The maximum Gasteiger partial charge on any atom is 0.215 e. The van der Waals surface area contributed by atoms with Crippen LogP contribution >= 0.6 is 0 Å². The zero-order valence-electron chi connectivity index (χ0n) is 10.6. The summed E-state index contributed by atoms with van der Waals surface area (Å²) in [5.41, 5.74) is 0.575. The number of ether oxygens (including phenoxy) is 1. The van der Waals surface area contributed by atoms with Gasteiger partial charge in [0.2, 0.25) is 10.0 Å². The fourth-order valence-corrected chi connectivity index (χ4v) is 3.26. The van der Waals surface area contributed by atoms with E-state index < -0.39 is 10.0 Å². The highest BCUT2D eigenvalue weighted by molar-refractivity contribution is 7.88. The Balaban J connectivity index is 1.79. The van der Waals surface area contributed by atoms with E-state index in [1.54, 1.807) is 0 Å². The molecule has 0 saturated carbocycles. The van der Waals surface area contributed by atoms with Gasteiger partial charge in [-0.25, -0.2) is 17.5 Å². The molecular formula is C13H18FNO3S. The van der Waals surface area contributed by atoms with Gasteiger partial charge in [-0.2, -0.15) is 0 Å². The smallest absolute Gasteiger partial charge is 0.215 e. The molecule has 1 aromatic carbocycles. The van der Waals surface area contributed by atoms with E-state index in [2.05, 4.69) is 4.72 Å². The van der Waals surface area contributed by atoms with Gasteiger partial charge in [0.25, 0.3) is 0 Å². The molecule has 1 aromatic rings. The Morgan fingerprint density at radius 1 is 1.32 bits per heavy atom. The second kappa shape index (κ2) is 6.45. The quantitative estimate of drug-likeness (QED) is 0.868. The van der Waals surface area contributed by atoms with Crippen molar-refractivity contribution in [1.82, 2.24) is 4.72 Å². The fourth-order valence-electron chi connectivity index (χ4n) is 2.10. The fraction of sp³-hybridized carbons (Fsp3) is 0.538. The summed E-state index contributed by atoms with van der Waals surface area (Å²) >= 11 is 0. The van der Waals surface area contributed by atoms with Crippen LogP contribution in [0.5, 0.6) is 0 Å². The molecule has 0 radical (unpaired) electrons. The first kappa shape index (κ1) is 14.4. The van der Waals surface area contributed by atoms with Gasteiger partial charge >= 0.3 is 0 Å².